The molecule has 3 N–H and O–H groups in total. The van der Waals surface area contributed by atoms with Crippen molar-refractivity contribution in [3.8, 4) is 0 Å². The number of aryl methyl sites for hydroxylation is 1. The van der Waals surface area contributed by atoms with E-state index in [1.165, 1.54) is 23.5 Å². The van der Waals surface area contributed by atoms with Crippen molar-refractivity contribution < 1.29 is 23.1 Å². The van der Waals surface area contributed by atoms with Gasteiger partial charge in [0.2, 0.25) is 5.91 Å². The van der Waals surface area contributed by atoms with E-state index >= 15 is 0 Å². The molecule has 1 saturated carbocycles. The second-order valence-electron chi connectivity index (χ2n) is 10.2. The van der Waals surface area contributed by atoms with Gasteiger partial charge in [-0.25, -0.2) is 0 Å². The fourth-order valence-corrected chi connectivity index (χ4v) is 6.13. The SMILES string of the molecule is CC(c1ccc2c(c1)c(NCC(=O)NC1CN([C@H]3CC[C@@](O)(c4cncs4)CC3)C1)nn2C)C(F)(F)F. The number of nitrogens with one attached hydrogen (secondary N) is 2. The number of nitrogens with zero attached hydrogens (tertiary/aromatic N) is 4. The lowest BCUT2D eigenvalue weighted by atomic mass is 9.80. The average molecular weight is 537 g/mol. The Hall–Kier alpha value is -2.70. The minimum atomic E-state index is -4.33. The van der Waals surface area contributed by atoms with Crippen molar-refractivity contribution in [3.63, 3.8) is 0 Å². The van der Waals surface area contributed by atoms with Gasteiger partial charge in [0, 0.05) is 37.8 Å². The molecule has 1 saturated heterocycles. The van der Waals surface area contributed by atoms with E-state index in [0.717, 1.165) is 37.7 Å². The monoisotopic (exact) mass is 536 g/mol. The number of carbonyl (C=O) groups is 1. The smallest absolute Gasteiger partial charge is 0.384 e. The van der Waals surface area contributed by atoms with Gasteiger partial charge in [-0.15, -0.1) is 11.3 Å². The second kappa shape index (κ2) is 9.88. The number of fused-ring (bicyclic) bond motifs is 1. The molecule has 3 heterocycles. The predicted molar refractivity (Wildman–Crippen MR) is 135 cm³/mol. The van der Waals surface area contributed by atoms with Crippen molar-refractivity contribution in [2.45, 2.75) is 62.4 Å². The number of benzene rings is 1. The Balaban J connectivity index is 1.11. The summed E-state index contributed by atoms with van der Waals surface area (Å²) in [6.45, 7) is 2.64. The summed E-state index contributed by atoms with van der Waals surface area (Å²) in [5, 5.41) is 21.8. The Bertz CT molecular complexity index is 1250. The van der Waals surface area contributed by atoms with Crippen LogP contribution in [0.1, 0.15) is 49.0 Å². The molecule has 200 valence electrons. The first-order valence-corrected chi connectivity index (χ1v) is 13.3. The van der Waals surface area contributed by atoms with E-state index in [1.807, 2.05) is 0 Å². The number of anilines is 1. The van der Waals surface area contributed by atoms with Gasteiger partial charge in [-0.1, -0.05) is 6.07 Å². The Morgan fingerprint density at radius 3 is 2.68 bits per heavy atom. The van der Waals surface area contributed by atoms with Crippen LogP contribution in [0.3, 0.4) is 0 Å². The second-order valence-corrected chi connectivity index (χ2v) is 11.1. The van der Waals surface area contributed by atoms with Gasteiger partial charge < -0.3 is 15.7 Å². The maximum absolute atomic E-state index is 13.2. The third-order valence-corrected chi connectivity index (χ3v) is 8.71. The molecule has 1 aromatic carbocycles. The standard InChI is InChI=1S/C25H31F3N6O2S/c1-15(25(26,27)28)16-3-4-20-19(9-16)23(32-33(20)2)30-11-22(35)31-17-12-34(13-17)18-5-7-24(36,8-6-18)21-10-29-14-37-21/h3-4,9-10,14-15,17-18,36H,5-8,11-13H2,1-2H3,(H,30,32)(H,31,35)/t15?,18-,24-. The molecule has 2 aliphatic rings. The van der Waals surface area contributed by atoms with Gasteiger partial charge in [-0.3, -0.25) is 19.4 Å². The van der Waals surface area contributed by atoms with Crippen molar-refractivity contribution in [1.82, 2.24) is 25.0 Å². The summed E-state index contributed by atoms with van der Waals surface area (Å²) >= 11 is 1.49. The zero-order valence-electron chi connectivity index (χ0n) is 20.8. The van der Waals surface area contributed by atoms with Crippen LogP contribution in [0.5, 0.6) is 0 Å². The number of rotatable bonds is 7. The number of hydrogen-bond acceptors (Lipinski definition) is 7. The van der Waals surface area contributed by atoms with Crippen LogP contribution in [0.2, 0.25) is 0 Å². The number of amides is 1. The first-order valence-electron chi connectivity index (χ1n) is 12.5. The molecular weight excluding hydrogens is 505 g/mol. The summed E-state index contributed by atoms with van der Waals surface area (Å²) in [5.74, 6) is -1.40. The summed E-state index contributed by atoms with van der Waals surface area (Å²) < 4.78 is 41.1. The molecule has 1 aliphatic heterocycles. The molecule has 1 aliphatic carbocycles. The summed E-state index contributed by atoms with van der Waals surface area (Å²) in [4.78, 5) is 19.9. The lowest BCUT2D eigenvalue weighted by Crippen LogP contribution is -2.63. The number of aromatic nitrogens is 3. The molecule has 2 fully saturated rings. The number of hydrogen-bond donors (Lipinski definition) is 3. The van der Waals surface area contributed by atoms with E-state index in [1.54, 1.807) is 29.5 Å². The maximum Gasteiger partial charge on any atom is 0.395 e. The van der Waals surface area contributed by atoms with Gasteiger partial charge in [-0.05, 0) is 50.3 Å². The molecule has 1 atom stereocenters. The third-order valence-electron chi connectivity index (χ3n) is 7.75. The summed E-state index contributed by atoms with van der Waals surface area (Å²) in [5.41, 5.74) is 1.82. The molecular formula is C25H31F3N6O2S. The Morgan fingerprint density at radius 1 is 1.30 bits per heavy atom. The number of carbonyl (C=O) groups excluding carboxylic acids is 1. The Labute approximate surface area is 216 Å². The van der Waals surface area contributed by atoms with Crippen molar-refractivity contribution >= 4 is 34.0 Å². The fourth-order valence-electron chi connectivity index (χ4n) is 5.35. The number of halogens is 3. The quantitative estimate of drug-likeness (QED) is 0.426. The normalized spacial score (nSPS) is 24.1. The van der Waals surface area contributed by atoms with Crippen LogP contribution in [-0.4, -0.2) is 68.6 Å². The topological polar surface area (TPSA) is 95.3 Å². The summed E-state index contributed by atoms with van der Waals surface area (Å²) in [6, 6.07) is 5.03. The van der Waals surface area contributed by atoms with E-state index < -0.39 is 17.7 Å². The molecule has 0 bridgehead atoms. The van der Waals surface area contributed by atoms with Gasteiger partial charge in [0.1, 0.15) is 5.60 Å². The number of aliphatic hydroxyl groups is 1. The van der Waals surface area contributed by atoms with Crippen molar-refractivity contribution in [3.05, 3.63) is 40.3 Å². The van der Waals surface area contributed by atoms with Crippen LogP contribution in [0.15, 0.2) is 29.9 Å². The van der Waals surface area contributed by atoms with Gasteiger partial charge in [0.05, 0.1) is 34.4 Å². The van der Waals surface area contributed by atoms with Crippen molar-refractivity contribution in [2.24, 2.45) is 7.05 Å². The van der Waals surface area contributed by atoms with Crippen LogP contribution >= 0.6 is 11.3 Å². The highest BCUT2D eigenvalue weighted by Gasteiger charge is 2.41. The highest BCUT2D eigenvalue weighted by Crippen LogP contribution is 2.41. The van der Waals surface area contributed by atoms with Gasteiger partial charge in [0.25, 0.3) is 0 Å². The van der Waals surface area contributed by atoms with E-state index in [0.29, 0.717) is 35.6 Å². The van der Waals surface area contributed by atoms with Crippen molar-refractivity contribution in [1.29, 1.82) is 0 Å². The minimum Gasteiger partial charge on any atom is -0.384 e. The minimum absolute atomic E-state index is 0.0209. The van der Waals surface area contributed by atoms with E-state index in [2.05, 4.69) is 25.6 Å². The molecule has 1 unspecified atom stereocenters. The number of likely N-dealkylation sites (tertiary alicyclic amines) is 1. The van der Waals surface area contributed by atoms with Crippen LogP contribution < -0.4 is 10.6 Å². The molecule has 5 rings (SSSR count). The highest BCUT2D eigenvalue weighted by molar-refractivity contribution is 7.09. The summed E-state index contributed by atoms with van der Waals surface area (Å²) in [7, 11) is 1.72. The van der Waals surface area contributed by atoms with Crippen LogP contribution in [0.25, 0.3) is 10.9 Å². The zero-order valence-corrected chi connectivity index (χ0v) is 21.6. The molecule has 37 heavy (non-hydrogen) atoms. The maximum atomic E-state index is 13.2. The molecule has 3 aromatic rings. The van der Waals surface area contributed by atoms with Crippen molar-refractivity contribution in [2.75, 3.05) is 25.0 Å². The first kappa shape index (κ1) is 25.9. The van der Waals surface area contributed by atoms with E-state index in [4.69, 9.17) is 0 Å². The lowest BCUT2D eigenvalue weighted by Gasteiger charge is -2.48. The zero-order chi connectivity index (χ0) is 26.4. The first-order chi connectivity index (χ1) is 17.5. The average Bonchev–Trinajstić information content (AvgIpc) is 3.48. The molecule has 12 heteroatoms. The third kappa shape index (κ3) is 5.32. The Kier molecular flexibility index (Phi) is 6.92. The molecule has 8 nitrogen and oxygen atoms in total. The van der Waals surface area contributed by atoms with Crippen LogP contribution in [0, 0.1) is 0 Å². The summed E-state index contributed by atoms with van der Waals surface area (Å²) in [6.07, 6.45) is 0.638. The van der Waals surface area contributed by atoms with Crippen LogP contribution in [-0.2, 0) is 17.4 Å². The number of thiazole rings is 1. The predicted octanol–water partition coefficient (Wildman–Crippen LogP) is 3.74. The molecule has 2 aromatic heterocycles. The van der Waals surface area contributed by atoms with Gasteiger partial charge in [0.15, 0.2) is 5.82 Å². The molecule has 1 amide bonds. The van der Waals surface area contributed by atoms with Gasteiger partial charge >= 0.3 is 6.18 Å². The molecule has 0 spiro atoms. The fraction of sp³-hybridized carbons (Fsp3) is 0.560. The largest absolute Gasteiger partial charge is 0.395 e. The van der Waals surface area contributed by atoms with E-state index in [9.17, 15) is 23.1 Å². The lowest BCUT2D eigenvalue weighted by molar-refractivity contribution is -0.146. The van der Waals surface area contributed by atoms with Gasteiger partial charge in [-0.2, -0.15) is 18.3 Å². The molecule has 0 radical (unpaired) electrons. The van der Waals surface area contributed by atoms with E-state index in [-0.39, 0.29) is 24.1 Å². The highest BCUT2D eigenvalue weighted by atomic mass is 32.1. The van der Waals surface area contributed by atoms with Crippen LogP contribution in [0.4, 0.5) is 19.0 Å². The number of alkyl halides is 3. The Morgan fingerprint density at radius 2 is 2.03 bits per heavy atom.